The summed E-state index contributed by atoms with van der Waals surface area (Å²) in [5, 5.41) is 1.03. The van der Waals surface area contributed by atoms with Crippen molar-refractivity contribution in [3.05, 3.63) is 48.8 Å². The first-order chi connectivity index (χ1) is 12.8. The molecular weight excluding hydrogens is 328 g/mol. The van der Waals surface area contributed by atoms with Crippen LogP contribution in [0.4, 0.5) is 11.5 Å². The number of nitrogens with zero attached hydrogens (tertiary/aromatic N) is 4. The Labute approximate surface area is 153 Å². The minimum atomic E-state index is 0.821. The van der Waals surface area contributed by atoms with Crippen LogP contribution in [-0.2, 0) is 0 Å². The van der Waals surface area contributed by atoms with Gasteiger partial charge in [-0.05, 0) is 30.3 Å². The molecule has 2 heterocycles. The maximum atomic E-state index is 5.50. The van der Waals surface area contributed by atoms with Crippen LogP contribution in [0.25, 0.3) is 10.9 Å². The molecule has 134 valence electrons. The smallest absolute Gasteiger partial charge is 0.142 e. The average molecular weight is 350 g/mol. The predicted octanol–water partition coefficient (Wildman–Crippen LogP) is 2.97. The molecule has 0 aliphatic carbocycles. The van der Waals surface area contributed by atoms with Gasteiger partial charge in [-0.3, -0.25) is 0 Å². The van der Waals surface area contributed by atoms with E-state index in [-0.39, 0.29) is 0 Å². The van der Waals surface area contributed by atoms with Crippen molar-refractivity contribution in [3.63, 3.8) is 0 Å². The highest BCUT2D eigenvalue weighted by atomic mass is 16.5. The van der Waals surface area contributed by atoms with Gasteiger partial charge in [-0.2, -0.15) is 0 Å². The van der Waals surface area contributed by atoms with E-state index in [0.29, 0.717) is 0 Å². The van der Waals surface area contributed by atoms with Gasteiger partial charge in [-0.25, -0.2) is 9.97 Å². The molecule has 6 heteroatoms. The van der Waals surface area contributed by atoms with Gasteiger partial charge in [0, 0.05) is 31.6 Å². The second kappa shape index (κ2) is 7.07. The Morgan fingerprint density at radius 2 is 1.62 bits per heavy atom. The molecular formula is C20H22N4O2. The lowest BCUT2D eigenvalue weighted by molar-refractivity contribution is 0.413. The number of piperazine rings is 1. The zero-order chi connectivity index (χ0) is 17.9. The van der Waals surface area contributed by atoms with Gasteiger partial charge in [-0.1, -0.05) is 12.1 Å². The Morgan fingerprint density at radius 3 is 2.38 bits per heavy atom. The Hall–Kier alpha value is -3.02. The van der Waals surface area contributed by atoms with Crippen molar-refractivity contribution in [1.29, 1.82) is 0 Å². The average Bonchev–Trinajstić information content (AvgIpc) is 2.73. The summed E-state index contributed by atoms with van der Waals surface area (Å²) in [7, 11) is 3.39. The van der Waals surface area contributed by atoms with Crippen LogP contribution in [0.3, 0.4) is 0 Å². The number of methoxy groups -OCH3 is 2. The molecule has 1 aliphatic heterocycles. The summed E-state index contributed by atoms with van der Waals surface area (Å²) in [4.78, 5) is 13.6. The molecule has 0 radical (unpaired) electrons. The number of benzene rings is 2. The van der Waals surface area contributed by atoms with Gasteiger partial charge in [-0.15, -0.1) is 0 Å². The Bertz CT molecular complexity index is 907. The van der Waals surface area contributed by atoms with Crippen LogP contribution in [0.1, 0.15) is 0 Å². The highest BCUT2D eigenvalue weighted by Crippen LogP contribution is 2.31. The van der Waals surface area contributed by atoms with Crippen LogP contribution in [0.2, 0.25) is 0 Å². The Morgan fingerprint density at radius 1 is 0.846 bits per heavy atom. The fraction of sp³-hybridized carbons (Fsp3) is 0.300. The second-order valence-electron chi connectivity index (χ2n) is 6.23. The number of hydrogen-bond donors (Lipinski definition) is 0. The Balaban J connectivity index is 1.58. The lowest BCUT2D eigenvalue weighted by Crippen LogP contribution is -2.47. The van der Waals surface area contributed by atoms with Gasteiger partial charge in [0.1, 0.15) is 23.6 Å². The standard InChI is InChI=1S/C20H22N4O2/c1-25-15-7-8-17-16(13-15)20(22-14-21-17)24-11-9-23(10-12-24)18-5-3-4-6-19(18)26-2/h3-8,13-14H,9-12H2,1-2H3. The third kappa shape index (κ3) is 2.98. The van der Waals surface area contributed by atoms with Crippen LogP contribution in [-0.4, -0.2) is 50.4 Å². The molecule has 0 bridgehead atoms. The van der Waals surface area contributed by atoms with Crippen molar-refractivity contribution < 1.29 is 9.47 Å². The summed E-state index contributed by atoms with van der Waals surface area (Å²) in [5.74, 6) is 2.70. The molecule has 0 saturated carbocycles. The van der Waals surface area contributed by atoms with Crippen LogP contribution in [0.15, 0.2) is 48.8 Å². The van der Waals surface area contributed by atoms with Crippen molar-refractivity contribution in [1.82, 2.24) is 9.97 Å². The fourth-order valence-electron chi connectivity index (χ4n) is 3.45. The van der Waals surface area contributed by atoms with E-state index in [1.807, 2.05) is 30.3 Å². The van der Waals surface area contributed by atoms with Gasteiger partial charge >= 0.3 is 0 Å². The number of rotatable bonds is 4. The van der Waals surface area contributed by atoms with E-state index < -0.39 is 0 Å². The number of aromatic nitrogens is 2. The summed E-state index contributed by atoms with van der Waals surface area (Å²) >= 11 is 0. The van der Waals surface area contributed by atoms with Crippen molar-refractivity contribution in [3.8, 4) is 11.5 Å². The lowest BCUT2D eigenvalue weighted by Gasteiger charge is -2.37. The van der Waals surface area contributed by atoms with Crippen LogP contribution in [0, 0.1) is 0 Å². The molecule has 1 fully saturated rings. The van der Waals surface area contributed by atoms with E-state index in [1.165, 1.54) is 0 Å². The molecule has 0 N–H and O–H groups in total. The molecule has 0 amide bonds. The fourth-order valence-corrected chi connectivity index (χ4v) is 3.45. The van der Waals surface area contributed by atoms with Gasteiger partial charge < -0.3 is 19.3 Å². The number of fused-ring (bicyclic) bond motifs is 1. The van der Waals surface area contributed by atoms with Gasteiger partial charge in [0.25, 0.3) is 0 Å². The number of ether oxygens (including phenoxy) is 2. The maximum Gasteiger partial charge on any atom is 0.142 e. The SMILES string of the molecule is COc1ccc2ncnc(N3CCN(c4ccccc4OC)CC3)c2c1. The second-order valence-corrected chi connectivity index (χ2v) is 6.23. The quantitative estimate of drug-likeness (QED) is 0.721. The third-order valence-corrected chi connectivity index (χ3v) is 4.83. The van der Waals surface area contributed by atoms with E-state index >= 15 is 0 Å². The van der Waals surface area contributed by atoms with Gasteiger partial charge in [0.2, 0.25) is 0 Å². The highest BCUT2D eigenvalue weighted by molar-refractivity contribution is 5.90. The zero-order valence-corrected chi connectivity index (χ0v) is 15.1. The molecule has 0 atom stereocenters. The van der Waals surface area contributed by atoms with Crippen LogP contribution < -0.4 is 19.3 Å². The molecule has 0 spiro atoms. The van der Waals surface area contributed by atoms with Crippen molar-refractivity contribution in [2.24, 2.45) is 0 Å². The normalized spacial score (nSPS) is 14.5. The number of anilines is 2. The zero-order valence-electron chi connectivity index (χ0n) is 15.1. The minimum absolute atomic E-state index is 0.821. The largest absolute Gasteiger partial charge is 0.497 e. The van der Waals surface area contributed by atoms with E-state index in [9.17, 15) is 0 Å². The molecule has 3 aromatic rings. The van der Waals surface area contributed by atoms with Gasteiger partial charge in [0.05, 0.1) is 25.4 Å². The minimum Gasteiger partial charge on any atom is -0.497 e. The predicted molar refractivity (Wildman–Crippen MR) is 104 cm³/mol. The highest BCUT2D eigenvalue weighted by Gasteiger charge is 2.22. The molecule has 4 rings (SSSR count). The van der Waals surface area contributed by atoms with Crippen molar-refractivity contribution in [2.75, 3.05) is 50.2 Å². The summed E-state index contributed by atoms with van der Waals surface area (Å²) < 4.78 is 10.9. The summed E-state index contributed by atoms with van der Waals surface area (Å²) in [5.41, 5.74) is 2.08. The topological polar surface area (TPSA) is 50.7 Å². The van der Waals surface area contributed by atoms with E-state index in [2.05, 4.69) is 31.9 Å². The molecule has 1 aliphatic rings. The third-order valence-electron chi connectivity index (χ3n) is 4.83. The first kappa shape index (κ1) is 16.4. The molecule has 26 heavy (non-hydrogen) atoms. The summed E-state index contributed by atoms with van der Waals surface area (Å²) in [6.45, 7) is 3.61. The van der Waals surface area contributed by atoms with E-state index in [1.54, 1.807) is 20.5 Å². The summed E-state index contributed by atoms with van der Waals surface area (Å²) in [6.07, 6.45) is 1.64. The first-order valence-electron chi connectivity index (χ1n) is 8.72. The molecule has 6 nitrogen and oxygen atoms in total. The summed E-state index contributed by atoms with van der Waals surface area (Å²) in [6, 6.07) is 14.1. The van der Waals surface area contributed by atoms with E-state index in [0.717, 1.165) is 60.1 Å². The Kier molecular flexibility index (Phi) is 4.48. The van der Waals surface area contributed by atoms with Crippen LogP contribution in [0.5, 0.6) is 11.5 Å². The van der Waals surface area contributed by atoms with Crippen molar-refractivity contribution >= 4 is 22.4 Å². The molecule has 1 saturated heterocycles. The maximum absolute atomic E-state index is 5.50. The number of para-hydroxylation sites is 2. The van der Waals surface area contributed by atoms with Crippen molar-refractivity contribution in [2.45, 2.75) is 0 Å². The molecule has 2 aromatic carbocycles. The molecule has 0 unspecified atom stereocenters. The van der Waals surface area contributed by atoms with Crippen LogP contribution >= 0.6 is 0 Å². The lowest BCUT2D eigenvalue weighted by atomic mass is 10.2. The number of hydrogen-bond acceptors (Lipinski definition) is 6. The molecule has 1 aromatic heterocycles. The van der Waals surface area contributed by atoms with E-state index in [4.69, 9.17) is 9.47 Å². The van der Waals surface area contributed by atoms with Gasteiger partial charge in [0.15, 0.2) is 0 Å². The first-order valence-corrected chi connectivity index (χ1v) is 8.72. The monoisotopic (exact) mass is 350 g/mol.